The second kappa shape index (κ2) is 11.7. The zero-order chi connectivity index (χ0) is 5.15. The van der Waals surface area contributed by atoms with Gasteiger partial charge in [-0.15, -0.1) is 0 Å². The van der Waals surface area contributed by atoms with Gasteiger partial charge in [0.15, 0.2) is 0 Å². The summed E-state index contributed by atoms with van der Waals surface area (Å²) in [5.74, 6) is -3.65. The smallest absolute Gasteiger partial charge is 1.00 e. The largest absolute Gasteiger partial charge is 1.00 e. The van der Waals surface area contributed by atoms with Gasteiger partial charge >= 0.3 is 71.1 Å². The Labute approximate surface area is 98.3 Å². The third-order valence-electron chi connectivity index (χ3n) is 0.183. The van der Waals surface area contributed by atoms with Gasteiger partial charge in [-0.25, -0.2) is 9.59 Å². The van der Waals surface area contributed by atoms with E-state index in [1.807, 2.05) is 0 Å². The molecule has 9 heavy (non-hydrogen) atoms. The molecule has 46 valence electrons. The number of carboxylic acids is 2. The summed E-state index contributed by atoms with van der Waals surface area (Å²) in [6, 6.07) is 0. The first-order chi connectivity index (χ1) is 2.64. The SMILES string of the molecule is O.O=C(O)C(=O)O.[H-].[H-].[Na+].[Na+]. The first-order valence-corrected chi connectivity index (χ1v) is 1.11. The second-order valence-corrected chi connectivity index (χ2v) is 0.610. The van der Waals surface area contributed by atoms with Crippen LogP contribution < -0.4 is 59.1 Å². The fourth-order valence-electron chi connectivity index (χ4n) is 0. The maximum atomic E-state index is 9.10. The quantitative estimate of drug-likeness (QED) is 0.268. The van der Waals surface area contributed by atoms with Crippen LogP contribution in [-0.4, -0.2) is 27.6 Å². The summed E-state index contributed by atoms with van der Waals surface area (Å²) in [6.07, 6.45) is 0. The number of aliphatic carboxylic acids is 2. The molecule has 0 fully saturated rings. The van der Waals surface area contributed by atoms with Gasteiger partial charge in [-0.1, -0.05) is 0 Å². The van der Waals surface area contributed by atoms with E-state index in [4.69, 9.17) is 19.8 Å². The van der Waals surface area contributed by atoms with E-state index in [9.17, 15) is 0 Å². The Morgan fingerprint density at radius 2 is 1.11 bits per heavy atom. The third-order valence-corrected chi connectivity index (χ3v) is 0.183. The Bertz CT molecular complexity index is 86.5. The standard InChI is InChI=1S/C2H2O4.2Na.H2O.2H/c3-1(4)2(5)6;;;;;/h(H,3,4)(H,5,6);;;1H2;;/q;2*+1;;2*-1. The molecular weight excluding hydrogens is 150 g/mol. The van der Waals surface area contributed by atoms with E-state index in [-0.39, 0.29) is 67.4 Å². The van der Waals surface area contributed by atoms with Gasteiger partial charge in [0.1, 0.15) is 0 Å². The third kappa shape index (κ3) is 17.6. The van der Waals surface area contributed by atoms with E-state index in [1.54, 1.807) is 0 Å². The zero-order valence-electron chi connectivity index (χ0n) is 7.21. The van der Waals surface area contributed by atoms with E-state index in [2.05, 4.69) is 0 Å². The minimum atomic E-state index is -1.82. The van der Waals surface area contributed by atoms with Crippen molar-refractivity contribution in [3.05, 3.63) is 0 Å². The summed E-state index contributed by atoms with van der Waals surface area (Å²) < 4.78 is 0. The van der Waals surface area contributed by atoms with Gasteiger partial charge in [0, 0.05) is 0 Å². The van der Waals surface area contributed by atoms with Gasteiger partial charge < -0.3 is 18.5 Å². The average Bonchev–Trinajstić information content (AvgIpc) is 1.36. The summed E-state index contributed by atoms with van der Waals surface area (Å²) >= 11 is 0. The number of hydrogen-bond donors (Lipinski definition) is 2. The monoisotopic (exact) mass is 156 g/mol. The van der Waals surface area contributed by atoms with Crippen LogP contribution in [0.5, 0.6) is 0 Å². The molecule has 0 unspecified atom stereocenters. The van der Waals surface area contributed by atoms with Gasteiger partial charge in [0.25, 0.3) is 0 Å². The molecule has 0 aliphatic carbocycles. The summed E-state index contributed by atoms with van der Waals surface area (Å²) in [5.41, 5.74) is 0. The molecule has 0 aliphatic rings. The van der Waals surface area contributed by atoms with Crippen LogP contribution in [0.15, 0.2) is 0 Å². The molecule has 0 saturated carbocycles. The van der Waals surface area contributed by atoms with Crippen molar-refractivity contribution in [2.75, 3.05) is 0 Å². The topological polar surface area (TPSA) is 106 Å². The van der Waals surface area contributed by atoms with Crippen LogP contribution in [0.25, 0.3) is 0 Å². The van der Waals surface area contributed by atoms with Crippen molar-refractivity contribution in [1.82, 2.24) is 0 Å². The van der Waals surface area contributed by atoms with Crippen LogP contribution in [0.3, 0.4) is 0 Å². The Morgan fingerprint density at radius 1 is 1.00 bits per heavy atom. The molecule has 0 radical (unpaired) electrons. The molecule has 0 aliphatic heterocycles. The molecule has 0 bridgehead atoms. The molecule has 0 heterocycles. The molecule has 4 N–H and O–H groups in total. The predicted octanol–water partition coefficient (Wildman–Crippen LogP) is -7.44. The maximum Gasteiger partial charge on any atom is 1.00 e. The first-order valence-electron chi connectivity index (χ1n) is 1.11. The van der Waals surface area contributed by atoms with Crippen LogP contribution in [0.1, 0.15) is 2.85 Å². The molecule has 0 amide bonds. The van der Waals surface area contributed by atoms with Crippen LogP contribution in [0.2, 0.25) is 0 Å². The number of carboxylic acid groups (broad SMARTS) is 2. The van der Waals surface area contributed by atoms with Gasteiger partial charge in [0.2, 0.25) is 0 Å². The van der Waals surface area contributed by atoms with Crippen molar-refractivity contribution in [2.45, 2.75) is 0 Å². The van der Waals surface area contributed by atoms with Gasteiger partial charge in [-0.3, -0.25) is 0 Å². The minimum Gasteiger partial charge on any atom is -1.00 e. The number of carbonyl (C=O) groups is 2. The fourth-order valence-corrected chi connectivity index (χ4v) is 0. The molecule has 0 aromatic rings. The summed E-state index contributed by atoms with van der Waals surface area (Å²) in [5, 5.41) is 14.8. The molecule has 0 aromatic heterocycles. The number of rotatable bonds is 0. The fraction of sp³-hybridized carbons (Fsp3) is 0. The molecule has 5 nitrogen and oxygen atoms in total. The van der Waals surface area contributed by atoms with Crippen molar-refractivity contribution in [2.24, 2.45) is 0 Å². The van der Waals surface area contributed by atoms with E-state index in [0.717, 1.165) is 0 Å². The van der Waals surface area contributed by atoms with E-state index in [1.165, 1.54) is 0 Å². The van der Waals surface area contributed by atoms with Crippen LogP contribution >= 0.6 is 0 Å². The second-order valence-electron chi connectivity index (χ2n) is 0.610. The normalized spacial score (nSPS) is 4.89. The Morgan fingerprint density at radius 3 is 1.11 bits per heavy atom. The van der Waals surface area contributed by atoms with E-state index in [0.29, 0.717) is 0 Å². The van der Waals surface area contributed by atoms with Crippen molar-refractivity contribution < 1.29 is 87.2 Å². The molecule has 0 atom stereocenters. The predicted molar refractivity (Wildman–Crippen MR) is 21.1 cm³/mol. The summed E-state index contributed by atoms with van der Waals surface area (Å²) in [7, 11) is 0. The van der Waals surface area contributed by atoms with Gasteiger partial charge in [-0.2, -0.15) is 0 Å². The molecule has 0 aromatic carbocycles. The maximum absolute atomic E-state index is 9.10. The van der Waals surface area contributed by atoms with Crippen LogP contribution in [0, 0.1) is 0 Å². The Hall–Kier alpha value is 0.900. The summed E-state index contributed by atoms with van der Waals surface area (Å²) in [6.45, 7) is 0. The Balaban J connectivity index is -0.0000000125. The van der Waals surface area contributed by atoms with Crippen molar-refractivity contribution in [1.29, 1.82) is 0 Å². The van der Waals surface area contributed by atoms with E-state index < -0.39 is 11.9 Å². The molecule has 0 spiro atoms. The molecule has 7 heteroatoms. The molecule has 0 rings (SSSR count). The van der Waals surface area contributed by atoms with Crippen molar-refractivity contribution in [3.63, 3.8) is 0 Å². The van der Waals surface area contributed by atoms with Gasteiger partial charge in [-0.05, 0) is 0 Å². The zero-order valence-corrected chi connectivity index (χ0v) is 9.21. The van der Waals surface area contributed by atoms with E-state index >= 15 is 0 Å². The Kier molecular flexibility index (Phi) is 29.2. The average molecular weight is 156 g/mol. The summed E-state index contributed by atoms with van der Waals surface area (Å²) in [4.78, 5) is 18.2. The molecular formula is C2H6Na2O5. The van der Waals surface area contributed by atoms with Gasteiger partial charge in [0.05, 0.1) is 0 Å². The van der Waals surface area contributed by atoms with Crippen LogP contribution in [-0.2, 0) is 9.59 Å². The molecule has 0 saturated heterocycles. The van der Waals surface area contributed by atoms with Crippen LogP contribution in [0.4, 0.5) is 0 Å². The number of hydrogen-bond acceptors (Lipinski definition) is 2. The van der Waals surface area contributed by atoms with Crippen molar-refractivity contribution >= 4 is 11.9 Å². The van der Waals surface area contributed by atoms with Crippen molar-refractivity contribution in [3.8, 4) is 0 Å². The first kappa shape index (κ1) is 22.5. The minimum absolute atomic E-state index is 0.